The molecule has 0 heterocycles. The topological polar surface area (TPSA) is 86.6 Å². The number of carboxylic acids is 1. The lowest BCUT2D eigenvalue weighted by Crippen LogP contribution is -2.37. The third-order valence-corrected chi connectivity index (χ3v) is 2.20. The fourth-order valence-corrected chi connectivity index (χ4v) is 1.46. The molecule has 1 amide bonds. The molecule has 1 aliphatic carbocycles. The van der Waals surface area contributed by atoms with Crippen molar-refractivity contribution < 1.29 is 19.9 Å². The van der Waals surface area contributed by atoms with Gasteiger partial charge in [0.25, 0.3) is 0 Å². The van der Waals surface area contributed by atoms with Crippen LogP contribution in [0.3, 0.4) is 0 Å². The average Bonchev–Trinajstić information content (AvgIpc) is 2.16. The van der Waals surface area contributed by atoms with Crippen LogP contribution in [0.25, 0.3) is 0 Å². The zero-order chi connectivity index (χ0) is 9.84. The Labute approximate surface area is 75.0 Å². The summed E-state index contributed by atoms with van der Waals surface area (Å²) in [5.74, 6) is -3.01. The molecule has 1 aliphatic rings. The lowest BCUT2D eigenvalue weighted by molar-refractivity contribution is -0.149. The van der Waals surface area contributed by atoms with Crippen molar-refractivity contribution in [3.63, 3.8) is 0 Å². The summed E-state index contributed by atoms with van der Waals surface area (Å²) in [4.78, 5) is 21.7. The summed E-state index contributed by atoms with van der Waals surface area (Å²) in [7, 11) is 0. The van der Waals surface area contributed by atoms with Gasteiger partial charge in [0.1, 0.15) is 0 Å². The fraction of sp³-hybridized carbons (Fsp3) is 0.500. The highest BCUT2D eigenvalue weighted by molar-refractivity contribution is 5.84. The number of hydrogen-bond acceptors (Lipinski definition) is 3. The van der Waals surface area contributed by atoms with Gasteiger partial charge in [-0.25, -0.2) is 5.48 Å². The maximum atomic E-state index is 11.0. The van der Waals surface area contributed by atoms with E-state index in [4.69, 9.17) is 10.3 Å². The van der Waals surface area contributed by atoms with E-state index in [1.807, 2.05) is 0 Å². The molecule has 0 aromatic carbocycles. The minimum absolute atomic E-state index is 0.341. The molecule has 0 spiro atoms. The predicted octanol–water partition coefficient (Wildman–Crippen LogP) is 0.159. The Bertz CT molecular complexity index is 249. The first-order valence-electron chi connectivity index (χ1n) is 3.98. The van der Waals surface area contributed by atoms with Crippen LogP contribution in [-0.2, 0) is 9.59 Å². The summed E-state index contributed by atoms with van der Waals surface area (Å²) in [6, 6.07) is 0. The fourth-order valence-electron chi connectivity index (χ4n) is 1.46. The van der Waals surface area contributed by atoms with E-state index in [1.165, 1.54) is 5.48 Å². The van der Waals surface area contributed by atoms with Crippen LogP contribution in [0, 0.1) is 11.8 Å². The van der Waals surface area contributed by atoms with E-state index in [0.29, 0.717) is 12.8 Å². The molecular formula is C8H11NO4. The van der Waals surface area contributed by atoms with E-state index in [-0.39, 0.29) is 0 Å². The maximum absolute atomic E-state index is 11.0. The molecule has 0 aromatic rings. The van der Waals surface area contributed by atoms with Gasteiger partial charge in [-0.05, 0) is 12.8 Å². The first-order valence-corrected chi connectivity index (χ1v) is 3.98. The highest BCUT2D eigenvalue weighted by Gasteiger charge is 2.33. The second-order valence-corrected chi connectivity index (χ2v) is 2.97. The molecule has 72 valence electrons. The van der Waals surface area contributed by atoms with Gasteiger partial charge in [-0.3, -0.25) is 14.8 Å². The zero-order valence-electron chi connectivity index (χ0n) is 6.93. The Balaban J connectivity index is 2.75. The first-order chi connectivity index (χ1) is 6.16. The highest BCUT2D eigenvalue weighted by atomic mass is 16.5. The summed E-state index contributed by atoms with van der Waals surface area (Å²) in [6.45, 7) is 0. The molecule has 5 heteroatoms. The molecule has 0 bridgehead atoms. The Morgan fingerprint density at radius 3 is 2.23 bits per heavy atom. The van der Waals surface area contributed by atoms with Crippen molar-refractivity contribution in [3.05, 3.63) is 12.2 Å². The summed E-state index contributed by atoms with van der Waals surface area (Å²) in [5, 5.41) is 17.1. The third-order valence-electron chi connectivity index (χ3n) is 2.20. The quantitative estimate of drug-likeness (QED) is 0.325. The predicted molar refractivity (Wildman–Crippen MR) is 42.9 cm³/mol. The molecule has 5 nitrogen and oxygen atoms in total. The molecule has 0 unspecified atom stereocenters. The lowest BCUT2D eigenvalue weighted by Gasteiger charge is -2.22. The number of carboxylic acid groups (broad SMARTS) is 1. The number of carbonyl (C=O) groups excluding carboxylic acids is 1. The monoisotopic (exact) mass is 185 g/mol. The van der Waals surface area contributed by atoms with Gasteiger partial charge >= 0.3 is 5.97 Å². The molecular weight excluding hydrogens is 174 g/mol. The summed E-state index contributed by atoms with van der Waals surface area (Å²) >= 11 is 0. The van der Waals surface area contributed by atoms with Gasteiger partial charge in [-0.1, -0.05) is 12.2 Å². The molecule has 0 aromatic heterocycles. The van der Waals surface area contributed by atoms with E-state index < -0.39 is 23.7 Å². The van der Waals surface area contributed by atoms with E-state index in [0.717, 1.165) is 0 Å². The number of allylic oxidation sites excluding steroid dienone is 2. The second kappa shape index (κ2) is 4.04. The number of hydrogen-bond donors (Lipinski definition) is 3. The van der Waals surface area contributed by atoms with E-state index in [1.54, 1.807) is 12.2 Å². The van der Waals surface area contributed by atoms with Crippen LogP contribution in [-0.4, -0.2) is 22.2 Å². The van der Waals surface area contributed by atoms with Gasteiger partial charge in [0.15, 0.2) is 0 Å². The average molecular weight is 185 g/mol. The maximum Gasteiger partial charge on any atom is 0.307 e. The summed E-state index contributed by atoms with van der Waals surface area (Å²) in [5.41, 5.74) is 1.48. The third kappa shape index (κ3) is 2.06. The van der Waals surface area contributed by atoms with Crippen molar-refractivity contribution in [2.75, 3.05) is 0 Å². The smallest absolute Gasteiger partial charge is 0.307 e. The normalized spacial score (nSPS) is 26.8. The molecule has 0 saturated heterocycles. The number of amides is 1. The molecule has 0 radical (unpaired) electrons. The SMILES string of the molecule is O=C(O)[C@H]1CC=CC[C@H]1C(=O)NO. The first kappa shape index (κ1) is 9.73. The lowest BCUT2D eigenvalue weighted by atomic mass is 9.82. The molecule has 1 rings (SSSR count). The van der Waals surface area contributed by atoms with Crippen LogP contribution in [0.4, 0.5) is 0 Å². The molecule has 13 heavy (non-hydrogen) atoms. The Morgan fingerprint density at radius 2 is 1.77 bits per heavy atom. The Morgan fingerprint density at radius 1 is 1.23 bits per heavy atom. The summed E-state index contributed by atoms with van der Waals surface area (Å²) < 4.78 is 0. The van der Waals surface area contributed by atoms with Crippen molar-refractivity contribution >= 4 is 11.9 Å². The van der Waals surface area contributed by atoms with Crippen LogP contribution in [0.2, 0.25) is 0 Å². The van der Waals surface area contributed by atoms with Crippen LogP contribution in [0.1, 0.15) is 12.8 Å². The van der Waals surface area contributed by atoms with E-state index >= 15 is 0 Å². The van der Waals surface area contributed by atoms with Crippen molar-refractivity contribution in [1.82, 2.24) is 5.48 Å². The second-order valence-electron chi connectivity index (χ2n) is 2.97. The number of carbonyl (C=O) groups is 2. The Kier molecular flexibility index (Phi) is 3.02. The van der Waals surface area contributed by atoms with Crippen molar-refractivity contribution in [2.24, 2.45) is 11.8 Å². The van der Waals surface area contributed by atoms with Crippen LogP contribution < -0.4 is 5.48 Å². The largest absolute Gasteiger partial charge is 0.481 e. The van der Waals surface area contributed by atoms with Gasteiger partial charge in [0.05, 0.1) is 11.8 Å². The van der Waals surface area contributed by atoms with Crippen molar-refractivity contribution in [1.29, 1.82) is 0 Å². The van der Waals surface area contributed by atoms with Gasteiger partial charge in [0, 0.05) is 0 Å². The highest BCUT2D eigenvalue weighted by Crippen LogP contribution is 2.25. The van der Waals surface area contributed by atoms with Crippen molar-refractivity contribution in [2.45, 2.75) is 12.8 Å². The number of rotatable bonds is 2. The molecule has 0 aliphatic heterocycles. The van der Waals surface area contributed by atoms with Gasteiger partial charge in [-0.2, -0.15) is 0 Å². The van der Waals surface area contributed by atoms with E-state index in [2.05, 4.69) is 0 Å². The summed E-state index contributed by atoms with van der Waals surface area (Å²) in [6.07, 6.45) is 4.19. The van der Waals surface area contributed by atoms with Crippen LogP contribution in [0.5, 0.6) is 0 Å². The van der Waals surface area contributed by atoms with Crippen LogP contribution >= 0.6 is 0 Å². The van der Waals surface area contributed by atoms with E-state index in [9.17, 15) is 9.59 Å². The van der Waals surface area contributed by atoms with Crippen LogP contribution in [0.15, 0.2) is 12.2 Å². The van der Waals surface area contributed by atoms with Gasteiger partial charge in [0.2, 0.25) is 5.91 Å². The molecule has 2 atom stereocenters. The zero-order valence-corrected chi connectivity index (χ0v) is 6.93. The van der Waals surface area contributed by atoms with Gasteiger partial charge < -0.3 is 5.11 Å². The molecule has 0 fully saturated rings. The number of nitrogens with one attached hydrogen (secondary N) is 1. The number of hydroxylamine groups is 1. The Hall–Kier alpha value is -1.36. The minimum Gasteiger partial charge on any atom is -0.481 e. The van der Waals surface area contributed by atoms with Gasteiger partial charge in [-0.15, -0.1) is 0 Å². The standard InChI is InChI=1S/C8H11NO4/c10-7(9-13)5-3-1-2-4-6(5)8(11)12/h1-2,5-6,13H,3-4H2,(H,9,10)(H,11,12)/t5-,6+/m1/s1. The molecule has 3 N–H and O–H groups in total. The van der Waals surface area contributed by atoms with Crippen molar-refractivity contribution in [3.8, 4) is 0 Å². The number of aliphatic carboxylic acids is 1. The molecule has 0 saturated carbocycles. The minimum atomic E-state index is -1.00.